The summed E-state index contributed by atoms with van der Waals surface area (Å²) < 4.78 is 4.37. The van der Waals surface area contributed by atoms with Gasteiger partial charge in [0.05, 0.1) is 18.3 Å². The van der Waals surface area contributed by atoms with Crippen LogP contribution < -0.4 is 0 Å². The molecular formula is C23H19N3. The Bertz CT molecular complexity index is 1110. The zero-order valence-electron chi connectivity index (χ0n) is 14.4. The van der Waals surface area contributed by atoms with Crippen LogP contribution in [0.15, 0.2) is 91.3 Å². The van der Waals surface area contributed by atoms with Crippen molar-refractivity contribution in [2.75, 3.05) is 0 Å². The van der Waals surface area contributed by atoms with E-state index >= 15 is 0 Å². The van der Waals surface area contributed by atoms with Crippen LogP contribution in [0.3, 0.4) is 0 Å². The second-order valence-electron chi connectivity index (χ2n) is 6.68. The van der Waals surface area contributed by atoms with Gasteiger partial charge >= 0.3 is 0 Å². The SMILES string of the molecule is c1cc(Cn2ccc3ccccc32)cc(Cn2ncc3ccccc32)c1. The van der Waals surface area contributed by atoms with Crippen molar-refractivity contribution in [1.82, 2.24) is 14.3 Å². The summed E-state index contributed by atoms with van der Waals surface area (Å²) in [4.78, 5) is 0. The van der Waals surface area contributed by atoms with Gasteiger partial charge in [-0.25, -0.2) is 0 Å². The summed E-state index contributed by atoms with van der Waals surface area (Å²) >= 11 is 0. The van der Waals surface area contributed by atoms with E-state index in [4.69, 9.17) is 0 Å². The van der Waals surface area contributed by atoms with E-state index in [1.165, 1.54) is 32.9 Å². The van der Waals surface area contributed by atoms with E-state index in [1.807, 2.05) is 6.20 Å². The molecule has 2 heterocycles. The molecule has 5 aromatic rings. The third-order valence-electron chi connectivity index (χ3n) is 4.91. The Morgan fingerprint density at radius 2 is 1.38 bits per heavy atom. The number of nitrogens with zero attached hydrogens (tertiary/aromatic N) is 3. The molecule has 0 bridgehead atoms. The van der Waals surface area contributed by atoms with Crippen LogP contribution in [-0.4, -0.2) is 14.3 Å². The minimum Gasteiger partial charge on any atom is -0.343 e. The molecule has 0 radical (unpaired) electrons. The molecule has 0 N–H and O–H groups in total. The maximum absolute atomic E-state index is 4.55. The molecule has 0 spiro atoms. The van der Waals surface area contributed by atoms with Crippen LogP contribution in [-0.2, 0) is 13.1 Å². The molecule has 126 valence electrons. The first-order valence-electron chi connectivity index (χ1n) is 8.89. The summed E-state index contributed by atoms with van der Waals surface area (Å²) in [6.07, 6.45) is 4.10. The smallest absolute Gasteiger partial charge is 0.0686 e. The van der Waals surface area contributed by atoms with E-state index in [-0.39, 0.29) is 0 Å². The van der Waals surface area contributed by atoms with E-state index < -0.39 is 0 Å². The van der Waals surface area contributed by atoms with Crippen LogP contribution in [0.5, 0.6) is 0 Å². The minimum atomic E-state index is 0.785. The topological polar surface area (TPSA) is 22.8 Å². The van der Waals surface area contributed by atoms with E-state index in [9.17, 15) is 0 Å². The molecule has 0 saturated carbocycles. The molecule has 0 aliphatic heterocycles. The Balaban J connectivity index is 1.44. The summed E-state index contributed by atoms with van der Waals surface area (Å²) in [5, 5.41) is 7.02. The lowest BCUT2D eigenvalue weighted by molar-refractivity contribution is 0.710. The van der Waals surface area contributed by atoms with Gasteiger partial charge in [0.25, 0.3) is 0 Å². The molecule has 0 atom stereocenters. The average molecular weight is 337 g/mol. The lowest BCUT2D eigenvalue weighted by Crippen LogP contribution is -2.03. The van der Waals surface area contributed by atoms with Crippen molar-refractivity contribution in [3.8, 4) is 0 Å². The fraction of sp³-hybridized carbons (Fsp3) is 0.0870. The highest BCUT2D eigenvalue weighted by molar-refractivity contribution is 5.80. The summed E-state index contributed by atoms with van der Waals surface area (Å²) in [5.74, 6) is 0. The van der Waals surface area contributed by atoms with Crippen molar-refractivity contribution in [3.63, 3.8) is 0 Å². The Morgan fingerprint density at radius 1 is 0.654 bits per heavy atom. The molecular weight excluding hydrogens is 318 g/mol. The number of aromatic nitrogens is 3. The first-order valence-corrected chi connectivity index (χ1v) is 8.89. The molecule has 0 aliphatic carbocycles. The molecule has 0 fully saturated rings. The van der Waals surface area contributed by atoms with Crippen LogP contribution in [0.4, 0.5) is 0 Å². The van der Waals surface area contributed by atoms with Gasteiger partial charge in [-0.15, -0.1) is 0 Å². The normalized spacial score (nSPS) is 11.4. The Kier molecular flexibility index (Phi) is 3.56. The van der Waals surface area contributed by atoms with Gasteiger partial charge in [0.1, 0.15) is 0 Å². The Labute approximate surface area is 152 Å². The second-order valence-corrected chi connectivity index (χ2v) is 6.68. The van der Waals surface area contributed by atoms with Crippen molar-refractivity contribution in [3.05, 3.63) is 102 Å². The fourth-order valence-corrected chi connectivity index (χ4v) is 3.63. The van der Waals surface area contributed by atoms with E-state index in [0.717, 1.165) is 13.1 Å². The molecule has 0 amide bonds. The third-order valence-corrected chi connectivity index (χ3v) is 4.91. The van der Waals surface area contributed by atoms with E-state index in [0.29, 0.717) is 0 Å². The van der Waals surface area contributed by atoms with Gasteiger partial charge < -0.3 is 4.57 Å². The number of hydrogen-bond donors (Lipinski definition) is 0. The average Bonchev–Trinajstić information content (AvgIpc) is 3.27. The van der Waals surface area contributed by atoms with Gasteiger partial charge in [-0.1, -0.05) is 60.7 Å². The van der Waals surface area contributed by atoms with Crippen LogP contribution in [0.25, 0.3) is 21.8 Å². The summed E-state index contributed by atoms with van der Waals surface area (Å²) in [6.45, 7) is 1.66. The Hall–Kier alpha value is -3.33. The van der Waals surface area contributed by atoms with Gasteiger partial charge in [0.15, 0.2) is 0 Å². The minimum absolute atomic E-state index is 0.785. The van der Waals surface area contributed by atoms with Crippen LogP contribution in [0.1, 0.15) is 11.1 Å². The van der Waals surface area contributed by atoms with Crippen LogP contribution >= 0.6 is 0 Å². The summed E-state index contributed by atoms with van der Waals surface area (Å²) in [6, 6.07) is 27.8. The van der Waals surface area contributed by atoms with Gasteiger partial charge in [-0.3, -0.25) is 4.68 Å². The molecule has 0 aliphatic rings. The van der Waals surface area contributed by atoms with Crippen molar-refractivity contribution in [1.29, 1.82) is 0 Å². The highest BCUT2D eigenvalue weighted by atomic mass is 15.3. The number of hydrogen-bond acceptors (Lipinski definition) is 1. The van der Waals surface area contributed by atoms with Crippen molar-refractivity contribution in [2.24, 2.45) is 0 Å². The molecule has 0 saturated heterocycles. The lowest BCUT2D eigenvalue weighted by Gasteiger charge is -2.09. The molecule has 3 aromatic carbocycles. The van der Waals surface area contributed by atoms with Gasteiger partial charge in [0.2, 0.25) is 0 Å². The molecule has 3 heteroatoms. The number of fused-ring (bicyclic) bond motifs is 2. The maximum Gasteiger partial charge on any atom is 0.0686 e. The highest BCUT2D eigenvalue weighted by Crippen LogP contribution is 2.18. The zero-order valence-corrected chi connectivity index (χ0v) is 14.4. The molecule has 2 aromatic heterocycles. The summed E-state index contributed by atoms with van der Waals surface area (Å²) in [7, 11) is 0. The first-order chi connectivity index (χ1) is 12.9. The number of rotatable bonds is 4. The van der Waals surface area contributed by atoms with Crippen molar-refractivity contribution >= 4 is 21.8 Å². The van der Waals surface area contributed by atoms with Crippen molar-refractivity contribution < 1.29 is 0 Å². The first kappa shape index (κ1) is 15.0. The molecule has 3 nitrogen and oxygen atoms in total. The largest absolute Gasteiger partial charge is 0.343 e. The molecule has 0 unspecified atom stereocenters. The van der Waals surface area contributed by atoms with E-state index in [1.54, 1.807) is 0 Å². The second kappa shape index (κ2) is 6.19. The molecule has 5 rings (SSSR count). The van der Waals surface area contributed by atoms with E-state index in [2.05, 4.69) is 99.4 Å². The predicted octanol–water partition coefficient (Wildman–Crippen LogP) is 5.09. The van der Waals surface area contributed by atoms with Gasteiger partial charge in [-0.2, -0.15) is 5.10 Å². The maximum atomic E-state index is 4.55. The van der Waals surface area contributed by atoms with Gasteiger partial charge in [0, 0.05) is 23.6 Å². The highest BCUT2D eigenvalue weighted by Gasteiger charge is 2.05. The lowest BCUT2D eigenvalue weighted by atomic mass is 10.1. The van der Waals surface area contributed by atoms with Crippen LogP contribution in [0.2, 0.25) is 0 Å². The van der Waals surface area contributed by atoms with Crippen molar-refractivity contribution in [2.45, 2.75) is 13.1 Å². The van der Waals surface area contributed by atoms with Crippen LogP contribution in [0, 0.1) is 0 Å². The number of para-hydroxylation sites is 2. The Morgan fingerprint density at radius 3 is 2.27 bits per heavy atom. The fourth-order valence-electron chi connectivity index (χ4n) is 3.63. The zero-order chi connectivity index (χ0) is 17.3. The summed E-state index contributed by atoms with van der Waals surface area (Å²) in [5.41, 5.74) is 5.03. The van der Waals surface area contributed by atoms with Gasteiger partial charge in [-0.05, 0) is 34.7 Å². The molecule has 26 heavy (non-hydrogen) atoms. The third kappa shape index (κ3) is 2.68. The quantitative estimate of drug-likeness (QED) is 0.448. The number of benzene rings is 3. The monoisotopic (exact) mass is 337 g/mol. The predicted molar refractivity (Wildman–Crippen MR) is 106 cm³/mol. The standard InChI is InChI=1S/C23H19N3/c1-3-10-22-20(8-1)12-13-25(22)16-18-6-5-7-19(14-18)17-26-23-11-4-2-9-21(23)15-24-26/h1-15H,16-17H2.